The zero-order valence-corrected chi connectivity index (χ0v) is 14.1. The Labute approximate surface area is 147 Å². The number of anilines is 2. The number of aromatic hydroxyl groups is 1. The Balaban J connectivity index is 1.99. The van der Waals surface area contributed by atoms with E-state index in [9.17, 15) is 15.2 Å². The van der Waals surface area contributed by atoms with Crippen molar-refractivity contribution in [1.82, 2.24) is 0 Å². The first-order valence-corrected chi connectivity index (χ1v) is 8.18. The molecule has 0 saturated heterocycles. The molecule has 0 spiro atoms. The van der Waals surface area contributed by atoms with E-state index in [1.165, 1.54) is 23.9 Å². The van der Waals surface area contributed by atoms with Gasteiger partial charge in [0, 0.05) is 23.6 Å². The van der Waals surface area contributed by atoms with Crippen LogP contribution >= 0.6 is 0 Å². The van der Waals surface area contributed by atoms with Gasteiger partial charge in [0.1, 0.15) is 17.4 Å². The van der Waals surface area contributed by atoms with E-state index in [2.05, 4.69) is 17.6 Å². The van der Waals surface area contributed by atoms with Gasteiger partial charge in [-0.3, -0.25) is 4.79 Å². The highest BCUT2D eigenvalue weighted by atomic mass is 16.3. The van der Waals surface area contributed by atoms with E-state index in [0.29, 0.717) is 11.4 Å². The van der Waals surface area contributed by atoms with E-state index in [1.54, 1.807) is 12.1 Å². The Bertz CT molecular complexity index is 789. The second-order valence-corrected chi connectivity index (χ2v) is 5.62. The number of benzene rings is 2. The maximum atomic E-state index is 12.2. The summed E-state index contributed by atoms with van der Waals surface area (Å²) in [6.45, 7) is 2.15. The van der Waals surface area contributed by atoms with Gasteiger partial charge in [0.05, 0.1) is 0 Å². The van der Waals surface area contributed by atoms with Gasteiger partial charge in [-0.05, 0) is 42.7 Å². The number of phenolic OH excluding ortho intramolecular Hbond substituents is 1. The molecule has 0 unspecified atom stereocenters. The number of phenols is 1. The minimum Gasteiger partial charge on any atom is -0.508 e. The maximum Gasteiger partial charge on any atom is 0.267 e. The van der Waals surface area contributed by atoms with Gasteiger partial charge >= 0.3 is 0 Å². The van der Waals surface area contributed by atoms with Crippen LogP contribution in [0, 0.1) is 11.3 Å². The molecule has 0 atom stereocenters. The predicted molar refractivity (Wildman–Crippen MR) is 99.1 cm³/mol. The molecule has 0 fully saturated rings. The van der Waals surface area contributed by atoms with Gasteiger partial charge in [0.15, 0.2) is 0 Å². The number of nitrogens with one attached hydrogen (secondary N) is 2. The van der Waals surface area contributed by atoms with Crippen LogP contribution < -0.4 is 10.6 Å². The van der Waals surface area contributed by atoms with Crippen molar-refractivity contribution in [2.75, 3.05) is 10.6 Å². The highest BCUT2D eigenvalue weighted by Gasteiger charge is 2.09. The van der Waals surface area contributed by atoms with E-state index < -0.39 is 5.91 Å². The van der Waals surface area contributed by atoms with Crippen LogP contribution in [0.15, 0.2) is 60.3 Å². The van der Waals surface area contributed by atoms with Gasteiger partial charge < -0.3 is 15.7 Å². The smallest absolute Gasteiger partial charge is 0.267 e. The van der Waals surface area contributed by atoms with Crippen LogP contribution in [0.2, 0.25) is 0 Å². The lowest BCUT2D eigenvalue weighted by molar-refractivity contribution is -0.112. The van der Waals surface area contributed by atoms with Crippen LogP contribution in [0.5, 0.6) is 5.75 Å². The topological polar surface area (TPSA) is 85.2 Å². The van der Waals surface area contributed by atoms with Gasteiger partial charge in [-0.2, -0.15) is 5.26 Å². The monoisotopic (exact) mass is 335 g/mol. The molecule has 25 heavy (non-hydrogen) atoms. The molecule has 128 valence electrons. The third-order valence-electron chi connectivity index (χ3n) is 3.63. The van der Waals surface area contributed by atoms with Crippen molar-refractivity contribution in [2.24, 2.45) is 0 Å². The molecule has 2 rings (SSSR count). The molecule has 0 aliphatic heterocycles. The van der Waals surface area contributed by atoms with E-state index >= 15 is 0 Å². The van der Waals surface area contributed by atoms with Crippen LogP contribution in [0.1, 0.15) is 25.3 Å². The van der Waals surface area contributed by atoms with E-state index in [-0.39, 0.29) is 11.3 Å². The third-order valence-corrected chi connectivity index (χ3v) is 3.63. The number of carbonyl (C=O) groups is 1. The highest BCUT2D eigenvalue weighted by molar-refractivity contribution is 6.06. The number of rotatable bonds is 7. The minimum atomic E-state index is -0.489. The molecule has 2 aromatic carbocycles. The minimum absolute atomic E-state index is 0.0570. The molecule has 0 bridgehead atoms. The first-order valence-electron chi connectivity index (χ1n) is 8.18. The van der Waals surface area contributed by atoms with Crippen LogP contribution in [-0.2, 0) is 11.2 Å². The molecule has 0 aliphatic carbocycles. The van der Waals surface area contributed by atoms with Gasteiger partial charge in [0.2, 0.25) is 0 Å². The van der Waals surface area contributed by atoms with Gasteiger partial charge in [0.25, 0.3) is 5.91 Å². The van der Waals surface area contributed by atoms with Crippen LogP contribution in [0.3, 0.4) is 0 Å². The molecule has 2 aromatic rings. The number of nitriles is 1. The lowest BCUT2D eigenvalue weighted by atomic mass is 10.1. The lowest BCUT2D eigenvalue weighted by Gasteiger charge is -2.07. The summed E-state index contributed by atoms with van der Waals surface area (Å²) in [5.74, 6) is -0.388. The quantitative estimate of drug-likeness (QED) is 0.523. The Morgan fingerprint density at radius 2 is 1.96 bits per heavy atom. The Morgan fingerprint density at radius 3 is 2.60 bits per heavy atom. The molecular formula is C20H21N3O2. The fraction of sp³-hybridized carbons (Fsp3) is 0.200. The van der Waals surface area contributed by atoms with Crippen LogP contribution in [0.25, 0.3) is 0 Å². The van der Waals surface area contributed by atoms with Gasteiger partial charge in [-0.15, -0.1) is 0 Å². The van der Waals surface area contributed by atoms with E-state index in [4.69, 9.17) is 0 Å². The zero-order chi connectivity index (χ0) is 18.1. The lowest BCUT2D eigenvalue weighted by Crippen LogP contribution is -2.14. The first kappa shape index (κ1) is 18.1. The summed E-state index contributed by atoms with van der Waals surface area (Å²) in [7, 11) is 0. The molecule has 0 aromatic heterocycles. The normalized spacial score (nSPS) is 10.8. The summed E-state index contributed by atoms with van der Waals surface area (Å²) >= 11 is 0. The average Bonchev–Trinajstić information content (AvgIpc) is 2.62. The second-order valence-electron chi connectivity index (χ2n) is 5.62. The number of hydrogen-bond donors (Lipinski definition) is 3. The number of carbonyl (C=O) groups excluding carboxylic acids is 1. The Hall–Kier alpha value is -3.26. The molecular weight excluding hydrogens is 314 g/mol. The highest BCUT2D eigenvalue weighted by Crippen LogP contribution is 2.16. The maximum absolute atomic E-state index is 12.2. The van der Waals surface area contributed by atoms with Crippen molar-refractivity contribution in [3.8, 4) is 11.8 Å². The molecule has 5 nitrogen and oxygen atoms in total. The summed E-state index contributed by atoms with van der Waals surface area (Å²) in [6, 6.07) is 15.9. The van der Waals surface area contributed by atoms with E-state index in [0.717, 1.165) is 19.3 Å². The first-order chi connectivity index (χ1) is 12.1. The summed E-state index contributed by atoms with van der Waals surface area (Å²) in [4.78, 5) is 12.2. The molecule has 5 heteroatoms. The van der Waals surface area contributed by atoms with Crippen molar-refractivity contribution >= 4 is 17.3 Å². The second kappa shape index (κ2) is 9.14. The predicted octanol–water partition coefficient (Wildman–Crippen LogP) is 4.19. The number of amides is 1. The number of unbranched alkanes of at least 4 members (excludes halogenated alkanes) is 1. The number of nitrogens with zero attached hydrogens (tertiary/aromatic N) is 1. The molecule has 1 amide bonds. The van der Waals surface area contributed by atoms with Crippen LogP contribution in [-0.4, -0.2) is 11.0 Å². The summed E-state index contributed by atoms with van der Waals surface area (Å²) in [5.41, 5.74) is 2.39. The SMILES string of the molecule is CCCCc1ccc(NC(=O)/C(C#N)=C\Nc2cccc(O)c2)cc1. The molecule has 0 radical (unpaired) electrons. The fourth-order valence-electron chi connectivity index (χ4n) is 2.23. The summed E-state index contributed by atoms with van der Waals surface area (Å²) in [6.07, 6.45) is 4.61. The van der Waals surface area contributed by atoms with E-state index in [1.807, 2.05) is 30.3 Å². The fourth-order valence-corrected chi connectivity index (χ4v) is 2.23. The molecule has 0 heterocycles. The van der Waals surface area contributed by atoms with Gasteiger partial charge in [-0.25, -0.2) is 0 Å². The third kappa shape index (κ3) is 5.70. The molecule has 0 saturated carbocycles. The largest absolute Gasteiger partial charge is 0.508 e. The zero-order valence-electron chi connectivity index (χ0n) is 14.1. The standard InChI is InChI=1S/C20H21N3O2/c1-2-3-5-15-8-10-17(11-9-15)23-20(25)16(13-21)14-22-18-6-4-7-19(24)12-18/h4,6-12,14,22,24H,2-3,5H2,1H3,(H,23,25)/b16-14-. The van der Waals surface area contributed by atoms with Gasteiger partial charge in [-0.1, -0.05) is 31.5 Å². The van der Waals surface area contributed by atoms with Crippen molar-refractivity contribution < 1.29 is 9.90 Å². The van der Waals surface area contributed by atoms with Crippen LogP contribution in [0.4, 0.5) is 11.4 Å². The summed E-state index contributed by atoms with van der Waals surface area (Å²) in [5, 5.41) is 24.1. The van der Waals surface area contributed by atoms with Crippen molar-refractivity contribution in [3.63, 3.8) is 0 Å². The van der Waals surface area contributed by atoms with Crippen molar-refractivity contribution in [3.05, 3.63) is 65.9 Å². The summed E-state index contributed by atoms with van der Waals surface area (Å²) < 4.78 is 0. The molecule has 0 aliphatic rings. The Kier molecular flexibility index (Phi) is 6.61. The van der Waals surface area contributed by atoms with Crippen molar-refractivity contribution in [1.29, 1.82) is 5.26 Å². The van der Waals surface area contributed by atoms with Crippen molar-refractivity contribution in [2.45, 2.75) is 26.2 Å². The average molecular weight is 335 g/mol. The number of hydrogen-bond acceptors (Lipinski definition) is 4. The molecule has 3 N–H and O–H groups in total. The number of aryl methyl sites for hydroxylation is 1. The Morgan fingerprint density at radius 1 is 1.20 bits per heavy atom.